The van der Waals surface area contributed by atoms with E-state index in [0.29, 0.717) is 0 Å². The first-order valence-electron chi connectivity index (χ1n) is 3.36. The first-order valence-corrected chi connectivity index (χ1v) is 4.95. The molecule has 0 spiro atoms. The molecule has 4 atom stereocenters. The maximum absolute atomic E-state index is 10.5. The van der Waals surface area contributed by atoms with Crippen LogP contribution in [0.1, 0.15) is 0 Å². The third kappa shape index (κ3) is 0.946. The number of fused-ring (bicyclic) bond motifs is 1. The highest BCUT2D eigenvalue weighted by atomic mass is 79.9. The van der Waals surface area contributed by atoms with E-state index in [2.05, 4.69) is 37.2 Å². The van der Waals surface area contributed by atoms with Crippen molar-refractivity contribution in [2.45, 2.75) is 15.5 Å². The molecule has 2 fully saturated rings. The highest BCUT2D eigenvalue weighted by molar-refractivity contribution is 9.25. The molecule has 5 heteroatoms. The van der Waals surface area contributed by atoms with E-state index in [1.807, 2.05) is 0 Å². The number of hydrogen-bond acceptors (Lipinski definition) is 3. The van der Waals surface area contributed by atoms with Gasteiger partial charge in [0.2, 0.25) is 0 Å². The van der Waals surface area contributed by atoms with Crippen molar-refractivity contribution >= 4 is 38.1 Å². The zero-order valence-corrected chi connectivity index (χ0v) is 8.67. The summed E-state index contributed by atoms with van der Waals surface area (Å²) in [6.45, 7) is 0. The molecular weight excluding hydrogens is 278 g/mol. The van der Waals surface area contributed by atoms with Crippen LogP contribution in [0.5, 0.6) is 0 Å². The fourth-order valence-corrected chi connectivity index (χ4v) is 3.72. The van der Waals surface area contributed by atoms with E-state index < -0.39 is 6.23 Å². The van der Waals surface area contributed by atoms with Gasteiger partial charge in [0, 0.05) is 11.8 Å². The van der Waals surface area contributed by atoms with Crippen molar-refractivity contribution in [3.63, 3.8) is 0 Å². The lowest BCUT2D eigenvalue weighted by molar-refractivity contribution is -0.110. The van der Waals surface area contributed by atoms with Crippen LogP contribution in [0.4, 0.5) is 0 Å². The lowest BCUT2D eigenvalue weighted by Crippen LogP contribution is -2.38. The number of alkyl halides is 2. The quantitative estimate of drug-likeness (QED) is 0.535. The van der Waals surface area contributed by atoms with Gasteiger partial charge in [-0.3, -0.25) is 5.32 Å². The molecule has 0 aromatic carbocycles. The van der Waals surface area contributed by atoms with E-state index in [-0.39, 0.29) is 21.1 Å². The smallest absolute Gasteiger partial charge is 0.137 e. The van der Waals surface area contributed by atoms with Gasteiger partial charge in [-0.05, 0) is 0 Å². The Hall–Kier alpha value is 0.550. The number of carbonyl (C=O) groups excluding carboxylic acids is 1. The number of hydrogen-bond donors (Lipinski definition) is 2. The van der Waals surface area contributed by atoms with Gasteiger partial charge in [0.1, 0.15) is 12.5 Å². The van der Waals surface area contributed by atoms with Crippen LogP contribution < -0.4 is 5.32 Å². The van der Waals surface area contributed by atoms with Crippen LogP contribution in [0.25, 0.3) is 0 Å². The average Bonchev–Trinajstić information content (AvgIpc) is 2.37. The third-order valence-corrected chi connectivity index (χ3v) is 4.52. The van der Waals surface area contributed by atoms with Gasteiger partial charge >= 0.3 is 0 Å². The van der Waals surface area contributed by atoms with Crippen LogP contribution >= 0.6 is 31.9 Å². The Morgan fingerprint density at radius 2 is 2.09 bits per heavy atom. The molecule has 3 nitrogen and oxygen atoms in total. The van der Waals surface area contributed by atoms with Gasteiger partial charge in [-0.1, -0.05) is 31.9 Å². The molecular formula is C6H7Br2NO2. The largest absolute Gasteiger partial charge is 0.378 e. The molecule has 0 aromatic rings. The molecule has 0 aromatic heterocycles. The molecule has 11 heavy (non-hydrogen) atoms. The standard InChI is InChI=1S/C6H7Br2NO2/c7-6(8)3-2(1-10)9-5(11)4(3)6/h1-5,9,11H/t2-,3-,4-,5?/m1/s1. The minimum absolute atomic E-state index is 0.123. The van der Waals surface area contributed by atoms with Crippen LogP contribution in [-0.2, 0) is 4.79 Å². The van der Waals surface area contributed by atoms with Crippen molar-refractivity contribution in [2.24, 2.45) is 11.8 Å². The van der Waals surface area contributed by atoms with Crippen molar-refractivity contribution in [1.82, 2.24) is 5.32 Å². The normalized spacial score (nSPS) is 51.9. The Labute approximate surface area is 80.8 Å². The summed E-state index contributed by atoms with van der Waals surface area (Å²) in [5, 5.41) is 12.1. The second-order valence-electron chi connectivity index (χ2n) is 3.00. The third-order valence-electron chi connectivity index (χ3n) is 2.40. The molecule has 0 bridgehead atoms. The number of nitrogens with one attached hydrogen (secondary N) is 1. The number of halogens is 2. The maximum Gasteiger partial charge on any atom is 0.137 e. The van der Waals surface area contributed by atoms with Crippen LogP contribution in [0.3, 0.4) is 0 Å². The summed E-state index contributed by atoms with van der Waals surface area (Å²) in [6, 6.07) is -0.214. The molecule has 2 N–H and O–H groups in total. The van der Waals surface area contributed by atoms with E-state index in [1.165, 1.54) is 0 Å². The fraction of sp³-hybridized carbons (Fsp3) is 0.833. The Balaban J connectivity index is 2.18. The molecule has 1 saturated heterocycles. The number of aliphatic hydroxyl groups is 1. The zero-order chi connectivity index (χ0) is 8.22. The number of rotatable bonds is 1. The van der Waals surface area contributed by atoms with Crippen molar-refractivity contribution in [3.8, 4) is 0 Å². The molecule has 1 saturated carbocycles. The minimum Gasteiger partial charge on any atom is -0.378 e. The first kappa shape index (κ1) is 8.16. The summed E-state index contributed by atoms with van der Waals surface area (Å²) in [4.78, 5) is 10.5. The van der Waals surface area contributed by atoms with E-state index in [4.69, 9.17) is 0 Å². The summed E-state index contributed by atoms with van der Waals surface area (Å²) in [7, 11) is 0. The molecule has 0 radical (unpaired) electrons. The van der Waals surface area contributed by atoms with E-state index in [9.17, 15) is 9.90 Å². The fourth-order valence-electron chi connectivity index (χ4n) is 1.77. The second-order valence-corrected chi connectivity index (χ2v) is 6.69. The summed E-state index contributed by atoms with van der Waals surface area (Å²) in [6.07, 6.45) is 0.284. The highest BCUT2D eigenvalue weighted by Crippen LogP contribution is 2.66. The van der Waals surface area contributed by atoms with Crippen LogP contribution in [0.15, 0.2) is 0 Å². The Morgan fingerprint density at radius 1 is 1.45 bits per heavy atom. The summed E-state index contributed by atoms with van der Waals surface area (Å²) >= 11 is 6.82. The monoisotopic (exact) mass is 283 g/mol. The molecule has 1 unspecified atom stereocenters. The lowest BCUT2D eigenvalue weighted by atomic mass is 10.2. The highest BCUT2D eigenvalue weighted by Gasteiger charge is 2.71. The molecule has 2 aliphatic rings. The van der Waals surface area contributed by atoms with Crippen molar-refractivity contribution in [2.75, 3.05) is 0 Å². The molecule has 1 heterocycles. The van der Waals surface area contributed by atoms with Gasteiger partial charge < -0.3 is 9.90 Å². The molecule has 1 aliphatic heterocycles. The molecule has 2 rings (SSSR count). The summed E-state index contributed by atoms with van der Waals surface area (Å²) < 4.78 is -0.212. The van der Waals surface area contributed by atoms with Crippen LogP contribution in [0, 0.1) is 11.8 Å². The molecule has 1 aliphatic carbocycles. The number of carbonyl (C=O) groups is 1. The Morgan fingerprint density at radius 3 is 2.36 bits per heavy atom. The maximum atomic E-state index is 10.5. The predicted octanol–water partition coefficient (Wildman–Crippen LogP) is 0.208. The lowest BCUT2D eigenvalue weighted by Gasteiger charge is -2.14. The zero-order valence-electron chi connectivity index (χ0n) is 5.50. The average molecular weight is 285 g/mol. The van der Waals surface area contributed by atoms with E-state index >= 15 is 0 Å². The second kappa shape index (κ2) is 2.28. The van der Waals surface area contributed by atoms with Gasteiger partial charge in [-0.25, -0.2) is 0 Å². The van der Waals surface area contributed by atoms with Crippen molar-refractivity contribution < 1.29 is 9.90 Å². The van der Waals surface area contributed by atoms with E-state index in [1.54, 1.807) is 0 Å². The topological polar surface area (TPSA) is 49.3 Å². The Bertz CT molecular complexity index is 209. The summed E-state index contributed by atoms with van der Waals surface area (Å²) in [5.74, 6) is 0.313. The van der Waals surface area contributed by atoms with Crippen molar-refractivity contribution in [3.05, 3.63) is 0 Å². The molecule has 0 amide bonds. The van der Waals surface area contributed by atoms with E-state index in [0.717, 1.165) is 6.29 Å². The van der Waals surface area contributed by atoms with Crippen LogP contribution in [-0.4, -0.2) is 26.9 Å². The number of aliphatic hydroxyl groups excluding tert-OH is 1. The summed E-state index contributed by atoms with van der Waals surface area (Å²) in [5.41, 5.74) is 0. The predicted molar refractivity (Wildman–Crippen MR) is 46.6 cm³/mol. The van der Waals surface area contributed by atoms with Gasteiger partial charge in [0.25, 0.3) is 0 Å². The molecule has 62 valence electrons. The van der Waals surface area contributed by atoms with Gasteiger partial charge in [0.15, 0.2) is 0 Å². The Kier molecular flexibility index (Phi) is 1.69. The van der Waals surface area contributed by atoms with Crippen LogP contribution in [0.2, 0.25) is 0 Å². The van der Waals surface area contributed by atoms with Crippen molar-refractivity contribution in [1.29, 1.82) is 0 Å². The SMILES string of the molecule is O=C[C@H]1NC(O)[C@H]2[C@@H]1C2(Br)Br. The van der Waals surface area contributed by atoms with Gasteiger partial charge in [0.05, 0.1) is 9.28 Å². The minimum atomic E-state index is -0.561. The van der Waals surface area contributed by atoms with Gasteiger partial charge in [-0.2, -0.15) is 0 Å². The number of piperidine rings is 1. The van der Waals surface area contributed by atoms with Gasteiger partial charge in [-0.15, -0.1) is 0 Å². The number of aldehydes is 1. The first-order chi connectivity index (χ1) is 5.09.